The summed E-state index contributed by atoms with van der Waals surface area (Å²) in [4.78, 5) is 0. The molecule has 1 aliphatic carbocycles. The zero-order valence-corrected chi connectivity index (χ0v) is 12.0. The molecular weight excluding hydrogens is 249 g/mol. The van der Waals surface area contributed by atoms with Crippen molar-refractivity contribution in [3.05, 3.63) is 65.0 Å². The van der Waals surface area contributed by atoms with Crippen LogP contribution in [0.5, 0.6) is 0 Å². The van der Waals surface area contributed by atoms with Crippen molar-refractivity contribution < 1.29 is 4.39 Å². The molecule has 0 heterocycles. The molecule has 0 aliphatic heterocycles. The van der Waals surface area contributed by atoms with Crippen LogP contribution in [0.3, 0.4) is 0 Å². The van der Waals surface area contributed by atoms with E-state index in [1.807, 2.05) is 13.0 Å². The van der Waals surface area contributed by atoms with E-state index in [4.69, 9.17) is 0 Å². The maximum absolute atomic E-state index is 13.5. The van der Waals surface area contributed by atoms with E-state index in [0.29, 0.717) is 17.5 Å². The molecule has 1 nitrogen and oxygen atoms in total. The van der Waals surface area contributed by atoms with Gasteiger partial charge in [0.05, 0.1) is 0 Å². The smallest absolute Gasteiger partial charge is 0.128 e. The quantitative estimate of drug-likeness (QED) is 0.844. The average molecular weight is 269 g/mol. The molecule has 1 saturated carbocycles. The molecule has 0 aromatic heterocycles. The molecular formula is C18H20FN. The fourth-order valence-electron chi connectivity index (χ4n) is 2.83. The number of hydrogen-bond acceptors (Lipinski definition) is 1. The molecule has 2 aromatic carbocycles. The van der Waals surface area contributed by atoms with E-state index in [2.05, 4.69) is 36.5 Å². The monoisotopic (exact) mass is 269 g/mol. The van der Waals surface area contributed by atoms with Gasteiger partial charge in [-0.1, -0.05) is 35.9 Å². The van der Waals surface area contributed by atoms with Crippen molar-refractivity contribution >= 4 is 5.69 Å². The molecule has 1 aliphatic rings. The zero-order chi connectivity index (χ0) is 14.1. The van der Waals surface area contributed by atoms with Crippen LogP contribution in [0, 0.1) is 19.7 Å². The van der Waals surface area contributed by atoms with Crippen molar-refractivity contribution in [2.75, 3.05) is 5.32 Å². The van der Waals surface area contributed by atoms with E-state index in [1.54, 1.807) is 6.07 Å². The first-order chi connectivity index (χ1) is 9.63. The second-order valence-electron chi connectivity index (χ2n) is 5.83. The van der Waals surface area contributed by atoms with Crippen LogP contribution in [0.25, 0.3) is 0 Å². The Hall–Kier alpha value is -1.83. The molecule has 0 spiro atoms. The van der Waals surface area contributed by atoms with Crippen LogP contribution in [0.2, 0.25) is 0 Å². The average Bonchev–Trinajstić information content (AvgIpc) is 2.39. The van der Waals surface area contributed by atoms with Crippen LogP contribution in [-0.2, 0) is 0 Å². The minimum atomic E-state index is -0.135. The fraction of sp³-hybridized carbons (Fsp3) is 0.333. The standard InChI is InChI=1S/C18H20FN/c1-12-6-8-14(9-7-12)15-10-16(11-15)20-18-5-3-4-17(19)13(18)2/h3-9,15-16,20H,10-11H2,1-2H3. The van der Waals surface area contributed by atoms with Crippen molar-refractivity contribution in [2.24, 2.45) is 0 Å². The first-order valence-electron chi connectivity index (χ1n) is 7.21. The number of benzene rings is 2. The Morgan fingerprint density at radius 1 is 1.00 bits per heavy atom. The van der Waals surface area contributed by atoms with Gasteiger partial charge in [0.1, 0.15) is 5.82 Å². The van der Waals surface area contributed by atoms with Gasteiger partial charge in [0.25, 0.3) is 0 Å². The highest BCUT2D eigenvalue weighted by atomic mass is 19.1. The summed E-state index contributed by atoms with van der Waals surface area (Å²) < 4.78 is 13.5. The molecule has 0 amide bonds. The van der Waals surface area contributed by atoms with Gasteiger partial charge in [0.15, 0.2) is 0 Å². The van der Waals surface area contributed by atoms with Crippen molar-refractivity contribution in [3.63, 3.8) is 0 Å². The highest BCUT2D eigenvalue weighted by molar-refractivity contribution is 5.52. The minimum Gasteiger partial charge on any atom is -0.382 e. The molecule has 0 radical (unpaired) electrons. The molecule has 0 saturated heterocycles. The van der Waals surface area contributed by atoms with Crippen molar-refractivity contribution in [1.29, 1.82) is 0 Å². The van der Waals surface area contributed by atoms with E-state index in [9.17, 15) is 4.39 Å². The highest BCUT2D eigenvalue weighted by Gasteiger charge is 2.30. The number of anilines is 1. The van der Waals surface area contributed by atoms with E-state index < -0.39 is 0 Å². The van der Waals surface area contributed by atoms with Gasteiger partial charge in [-0.15, -0.1) is 0 Å². The Morgan fingerprint density at radius 2 is 1.70 bits per heavy atom. The Kier molecular flexibility index (Phi) is 3.47. The maximum Gasteiger partial charge on any atom is 0.128 e. The van der Waals surface area contributed by atoms with Gasteiger partial charge < -0.3 is 5.32 Å². The summed E-state index contributed by atoms with van der Waals surface area (Å²) in [5.41, 5.74) is 4.37. The van der Waals surface area contributed by atoms with Gasteiger partial charge in [-0.3, -0.25) is 0 Å². The van der Waals surface area contributed by atoms with E-state index in [-0.39, 0.29) is 5.82 Å². The summed E-state index contributed by atoms with van der Waals surface area (Å²) in [6.07, 6.45) is 2.25. The first-order valence-corrected chi connectivity index (χ1v) is 7.21. The lowest BCUT2D eigenvalue weighted by molar-refractivity contribution is 0.374. The summed E-state index contributed by atoms with van der Waals surface area (Å²) >= 11 is 0. The highest BCUT2D eigenvalue weighted by Crippen LogP contribution is 2.39. The molecule has 1 fully saturated rings. The molecule has 3 rings (SSSR count). The van der Waals surface area contributed by atoms with Crippen molar-refractivity contribution in [1.82, 2.24) is 0 Å². The number of nitrogens with one attached hydrogen (secondary N) is 1. The summed E-state index contributed by atoms with van der Waals surface area (Å²) in [5.74, 6) is 0.506. The third kappa shape index (κ3) is 2.55. The Bertz CT molecular complexity index is 597. The molecule has 0 bridgehead atoms. The molecule has 0 atom stereocenters. The van der Waals surface area contributed by atoms with Gasteiger partial charge in [-0.25, -0.2) is 4.39 Å². The van der Waals surface area contributed by atoms with Crippen LogP contribution in [0.15, 0.2) is 42.5 Å². The molecule has 2 heteroatoms. The SMILES string of the molecule is Cc1ccc(C2CC(Nc3cccc(F)c3C)C2)cc1. The second kappa shape index (κ2) is 5.28. The minimum absolute atomic E-state index is 0.135. The molecule has 104 valence electrons. The lowest BCUT2D eigenvalue weighted by atomic mass is 9.75. The predicted molar refractivity (Wildman–Crippen MR) is 81.7 cm³/mol. The molecule has 2 aromatic rings. The normalized spacial score (nSPS) is 21.4. The summed E-state index contributed by atoms with van der Waals surface area (Å²) in [5, 5.41) is 3.46. The lowest BCUT2D eigenvalue weighted by Gasteiger charge is -2.37. The Labute approximate surface area is 119 Å². The lowest BCUT2D eigenvalue weighted by Crippen LogP contribution is -2.34. The van der Waals surface area contributed by atoms with Crippen LogP contribution < -0.4 is 5.32 Å². The summed E-state index contributed by atoms with van der Waals surface area (Å²) in [6.45, 7) is 3.94. The van der Waals surface area contributed by atoms with Gasteiger partial charge in [-0.2, -0.15) is 0 Å². The number of hydrogen-bond donors (Lipinski definition) is 1. The van der Waals surface area contributed by atoms with Crippen LogP contribution in [0.4, 0.5) is 10.1 Å². The summed E-state index contributed by atoms with van der Waals surface area (Å²) in [6, 6.07) is 14.5. The molecule has 1 N–H and O–H groups in total. The third-order valence-corrected chi connectivity index (χ3v) is 4.31. The number of aryl methyl sites for hydroxylation is 1. The largest absolute Gasteiger partial charge is 0.382 e. The topological polar surface area (TPSA) is 12.0 Å². The molecule has 20 heavy (non-hydrogen) atoms. The number of rotatable bonds is 3. The van der Waals surface area contributed by atoms with Gasteiger partial charge in [-0.05, 0) is 50.3 Å². The van der Waals surface area contributed by atoms with Crippen LogP contribution >= 0.6 is 0 Å². The Balaban J connectivity index is 1.61. The molecule has 0 unspecified atom stereocenters. The Morgan fingerprint density at radius 3 is 2.40 bits per heavy atom. The maximum atomic E-state index is 13.5. The summed E-state index contributed by atoms with van der Waals surface area (Å²) in [7, 11) is 0. The van der Waals surface area contributed by atoms with Gasteiger partial charge in [0.2, 0.25) is 0 Å². The third-order valence-electron chi connectivity index (χ3n) is 4.31. The van der Waals surface area contributed by atoms with E-state index in [1.165, 1.54) is 17.2 Å². The first kappa shape index (κ1) is 13.2. The fourth-order valence-corrected chi connectivity index (χ4v) is 2.83. The predicted octanol–water partition coefficient (Wildman–Crippen LogP) is 4.80. The van der Waals surface area contributed by atoms with Gasteiger partial charge in [0, 0.05) is 17.3 Å². The second-order valence-corrected chi connectivity index (χ2v) is 5.83. The van der Waals surface area contributed by atoms with Crippen molar-refractivity contribution in [3.8, 4) is 0 Å². The number of halogens is 1. The zero-order valence-electron chi connectivity index (χ0n) is 12.0. The van der Waals surface area contributed by atoms with E-state index >= 15 is 0 Å². The van der Waals surface area contributed by atoms with Crippen LogP contribution in [0.1, 0.15) is 35.4 Å². The van der Waals surface area contributed by atoms with Crippen molar-refractivity contribution in [2.45, 2.75) is 38.6 Å². The van der Waals surface area contributed by atoms with Gasteiger partial charge >= 0.3 is 0 Å². The van der Waals surface area contributed by atoms with E-state index in [0.717, 1.165) is 18.5 Å². The van der Waals surface area contributed by atoms with Crippen LogP contribution in [-0.4, -0.2) is 6.04 Å².